The number of methoxy groups -OCH3 is 1. The molecule has 2 aromatic carbocycles. The molecule has 2 saturated heterocycles. The Hall–Kier alpha value is -3.87. The van der Waals surface area contributed by atoms with Crippen molar-refractivity contribution in [3.8, 4) is 0 Å². The zero-order valence-electron chi connectivity index (χ0n) is 22.6. The number of azide groups is 2. The van der Waals surface area contributed by atoms with Crippen molar-refractivity contribution in [3.05, 3.63) is 92.7 Å². The van der Waals surface area contributed by atoms with Crippen LogP contribution in [0.3, 0.4) is 0 Å². The smallest absolute Gasteiger partial charge is 0.410 e. The first-order valence-electron chi connectivity index (χ1n) is 13.3. The van der Waals surface area contributed by atoms with Gasteiger partial charge in [0.2, 0.25) is 0 Å². The second-order valence-corrected chi connectivity index (χ2v) is 9.64. The van der Waals surface area contributed by atoms with E-state index in [9.17, 15) is 9.90 Å². The molecule has 41 heavy (non-hydrogen) atoms. The molecule has 1 amide bonds. The van der Waals surface area contributed by atoms with Crippen molar-refractivity contribution < 1.29 is 33.6 Å². The fraction of sp³-hybridized carbons (Fsp3) is 0.519. The third kappa shape index (κ3) is 8.32. The summed E-state index contributed by atoms with van der Waals surface area (Å²) >= 11 is 0. The maximum absolute atomic E-state index is 13.2. The molecule has 0 saturated carbocycles. The molecule has 14 nitrogen and oxygen atoms in total. The molecule has 2 unspecified atom stereocenters. The van der Waals surface area contributed by atoms with E-state index in [0.717, 1.165) is 17.5 Å². The monoisotopic (exact) mass is 567 g/mol. The molecule has 218 valence electrons. The number of hydrogen-bond acceptors (Lipinski definition) is 9. The highest BCUT2D eigenvalue weighted by Crippen LogP contribution is 2.31. The first-order chi connectivity index (χ1) is 20.0. The summed E-state index contributed by atoms with van der Waals surface area (Å²) in [7, 11) is 1.33. The average Bonchev–Trinajstić information content (AvgIpc) is 2.99. The summed E-state index contributed by atoms with van der Waals surface area (Å²) in [5.41, 5.74) is 19.7. The van der Waals surface area contributed by atoms with E-state index in [1.165, 1.54) is 7.11 Å². The number of carbonyl (C=O) groups is 1. The Kier molecular flexibility index (Phi) is 11.2. The van der Waals surface area contributed by atoms with Crippen molar-refractivity contribution in [2.45, 2.75) is 75.6 Å². The first kappa shape index (κ1) is 30.1. The molecule has 7 atom stereocenters. The van der Waals surface area contributed by atoms with Gasteiger partial charge in [0.15, 0.2) is 18.7 Å². The molecular formula is C27H33N7O7. The van der Waals surface area contributed by atoms with Gasteiger partial charge in [0.1, 0.15) is 24.9 Å². The summed E-state index contributed by atoms with van der Waals surface area (Å²) < 4.78 is 28.7. The molecule has 2 aromatic rings. The van der Waals surface area contributed by atoms with E-state index in [1.54, 1.807) is 4.90 Å². The fourth-order valence-electron chi connectivity index (χ4n) is 4.85. The van der Waals surface area contributed by atoms with Gasteiger partial charge in [-0.1, -0.05) is 70.9 Å². The minimum atomic E-state index is -1.34. The molecule has 0 aliphatic carbocycles. The van der Waals surface area contributed by atoms with E-state index in [4.69, 9.17) is 34.7 Å². The highest BCUT2D eigenvalue weighted by Gasteiger charge is 2.47. The molecule has 1 N–H and O–H groups in total. The van der Waals surface area contributed by atoms with Gasteiger partial charge in [-0.25, -0.2) is 4.79 Å². The third-order valence-electron chi connectivity index (χ3n) is 6.84. The van der Waals surface area contributed by atoms with Gasteiger partial charge < -0.3 is 33.7 Å². The van der Waals surface area contributed by atoms with Crippen LogP contribution in [0.4, 0.5) is 4.79 Å². The fourth-order valence-corrected chi connectivity index (χ4v) is 4.85. The van der Waals surface area contributed by atoms with E-state index < -0.39 is 49.3 Å². The Balaban J connectivity index is 1.43. The Morgan fingerprint density at radius 2 is 1.61 bits per heavy atom. The summed E-state index contributed by atoms with van der Waals surface area (Å²) in [5, 5.41) is 18.0. The van der Waals surface area contributed by atoms with Crippen LogP contribution < -0.4 is 0 Å². The van der Waals surface area contributed by atoms with Crippen LogP contribution in [0.15, 0.2) is 70.9 Å². The number of nitrogens with zero attached hydrogens (tertiary/aromatic N) is 7. The number of rotatable bonds is 11. The van der Waals surface area contributed by atoms with Crippen molar-refractivity contribution in [1.82, 2.24) is 4.90 Å². The molecule has 2 fully saturated rings. The molecule has 0 radical (unpaired) electrons. The molecule has 14 heteroatoms. The van der Waals surface area contributed by atoms with Gasteiger partial charge in [-0.2, -0.15) is 0 Å². The molecule has 2 heterocycles. The van der Waals surface area contributed by atoms with Crippen molar-refractivity contribution in [3.63, 3.8) is 0 Å². The van der Waals surface area contributed by atoms with E-state index in [0.29, 0.717) is 19.4 Å². The highest BCUT2D eigenvalue weighted by molar-refractivity contribution is 5.67. The van der Waals surface area contributed by atoms with E-state index in [1.807, 2.05) is 60.7 Å². The lowest BCUT2D eigenvalue weighted by atomic mass is 10.0. The van der Waals surface area contributed by atoms with Crippen LogP contribution >= 0.6 is 0 Å². The Labute approximate surface area is 237 Å². The van der Waals surface area contributed by atoms with Gasteiger partial charge in [0, 0.05) is 23.5 Å². The number of aliphatic hydroxyl groups is 1. The lowest BCUT2D eigenvalue weighted by Crippen LogP contribution is -2.59. The largest absolute Gasteiger partial charge is 0.445 e. The Morgan fingerprint density at radius 3 is 2.24 bits per heavy atom. The second-order valence-electron chi connectivity index (χ2n) is 9.64. The quantitative estimate of drug-likeness (QED) is 0.230. The SMILES string of the molecule is CO[C@H]1C(N=[N+]=[N-])OC(N=[N+]=[N-])[C@@H](O[C@@H]2CCC[C@@H](CN(Cc3ccccc3)C(=O)OCc3ccccc3)O2)[C@@H]1O. The van der Waals surface area contributed by atoms with Gasteiger partial charge in [-0.15, -0.1) is 0 Å². The van der Waals surface area contributed by atoms with Crippen molar-refractivity contribution in [1.29, 1.82) is 0 Å². The van der Waals surface area contributed by atoms with E-state index in [-0.39, 0.29) is 13.2 Å². The van der Waals surface area contributed by atoms with Gasteiger partial charge in [0.25, 0.3) is 0 Å². The van der Waals surface area contributed by atoms with Gasteiger partial charge in [-0.3, -0.25) is 0 Å². The van der Waals surface area contributed by atoms with Gasteiger partial charge in [0.05, 0.1) is 12.6 Å². The lowest BCUT2D eigenvalue weighted by Gasteiger charge is -2.43. The van der Waals surface area contributed by atoms with Crippen LogP contribution in [-0.4, -0.2) is 72.9 Å². The topological polar surface area (TPSA) is 184 Å². The number of aliphatic hydroxyl groups excluding tert-OH is 1. The van der Waals surface area contributed by atoms with Crippen LogP contribution in [0.5, 0.6) is 0 Å². The minimum absolute atomic E-state index is 0.139. The number of hydrogen-bond donors (Lipinski definition) is 1. The normalized spacial score (nSPS) is 27.6. The third-order valence-corrected chi connectivity index (χ3v) is 6.84. The van der Waals surface area contributed by atoms with Crippen molar-refractivity contribution >= 4 is 6.09 Å². The predicted molar refractivity (Wildman–Crippen MR) is 145 cm³/mol. The zero-order chi connectivity index (χ0) is 29.0. The van der Waals surface area contributed by atoms with E-state index >= 15 is 0 Å². The summed E-state index contributed by atoms with van der Waals surface area (Å²) in [6.07, 6.45) is -5.83. The molecule has 2 aliphatic heterocycles. The zero-order valence-corrected chi connectivity index (χ0v) is 22.6. The Morgan fingerprint density at radius 1 is 0.976 bits per heavy atom. The highest BCUT2D eigenvalue weighted by atomic mass is 16.7. The van der Waals surface area contributed by atoms with Crippen LogP contribution in [0.2, 0.25) is 0 Å². The number of amides is 1. The maximum atomic E-state index is 13.2. The van der Waals surface area contributed by atoms with Crippen LogP contribution in [0.25, 0.3) is 20.9 Å². The van der Waals surface area contributed by atoms with Crippen LogP contribution in [0.1, 0.15) is 30.4 Å². The summed E-state index contributed by atoms with van der Waals surface area (Å²) in [6.45, 7) is 0.704. The molecular weight excluding hydrogens is 534 g/mol. The second kappa shape index (κ2) is 15.2. The molecule has 2 aliphatic rings. The van der Waals surface area contributed by atoms with Crippen LogP contribution in [-0.2, 0) is 36.8 Å². The Bertz CT molecular complexity index is 1210. The average molecular weight is 568 g/mol. The van der Waals surface area contributed by atoms with Gasteiger partial charge in [-0.05, 0) is 41.5 Å². The number of carbonyl (C=O) groups excluding carboxylic acids is 1. The molecule has 0 bridgehead atoms. The molecule has 4 rings (SSSR count). The molecule has 0 aromatic heterocycles. The summed E-state index contributed by atoms with van der Waals surface area (Å²) in [4.78, 5) is 20.2. The van der Waals surface area contributed by atoms with Crippen molar-refractivity contribution in [2.75, 3.05) is 13.7 Å². The number of ether oxygens (including phenoxy) is 5. The molecule has 0 spiro atoms. The lowest BCUT2D eigenvalue weighted by molar-refractivity contribution is -0.292. The van der Waals surface area contributed by atoms with Gasteiger partial charge >= 0.3 is 6.09 Å². The van der Waals surface area contributed by atoms with Crippen LogP contribution in [0, 0.1) is 0 Å². The number of benzene rings is 2. The van der Waals surface area contributed by atoms with E-state index in [2.05, 4.69) is 20.1 Å². The summed E-state index contributed by atoms with van der Waals surface area (Å²) in [6, 6.07) is 19.0. The minimum Gasteiger partial charge on any atom is -0.445 e. The summed E-state index contributed by atoms with van der Waals surface area (Å²) in [5.74, 6) is 0. The first-order valence-corrected chi connectivity index (χ1v) is 13.3. The standard InChI is InChI=1S/C27H33N7O7/c1-37-23-22(35)24(26(31-33-29)41-25(23)30-32-28)40-21-14-8-13-20(39-21)16-34(15-18-9-4-2-5-10-18)27(36)38-17-19-11-6-3-7-12-19/h2-7,9-12,20-26,35H,8,13-17H2,1H3/t20-,21+,22+,23+,24-,25?,26?/m0/s1. The van der Waals surface area contributed by atoms with Crippen molar-refractivity contribution in [2.24, 2.45) is 10.2 Å². The predicted octanol–water partition coefficient (Wildman–Crippen LogP) is 4.78. The maximum Gasteiger partial charge on any atom is 0.410 e.